The van der Waals surface area contributed by atoms with Gasteiger partial charge in [-0.05, 0) is 57.5 Å². The van der Waals surface area contributed by atoms with Crippen molar-refractivity contribution in [3.8, 4) is 0 Å². The molecule has 1 N–H and O–H groups in total. The Morgan fingerprint density at radius 1 is 1.03 bits per heavy atom. The summed E-state index contributed by atoms with van der Waals surface area (Å²) < 4.78 is 0. The predicted molar refractivity (Wildman–Crippen MR) is 133 cm³/mol. The normalized spacial score (nSPS) is 22.3. The van der Waals surface area contributed by atoms with Crippen LogP contribution in [0.2, 0.25) is 0 Å². The molecule has 0 aromatic heterocycles. The number of hydrogen-bond donors (Lipinski definition) is 1. The number of rotatable bonds is 7. The van der Waals surface area contributed by atoms with E-state index in [0.29, 0.717) is 5.57 Å². The Morgan fingerprint density at radius 2 is 1.61 bits per heavy atom. The molecule has 7 nitrogen and oxygen atoms in total. The van der Waals surface area contributed by atoms with Crippen molar-refractivity contribution in [3.05, 3.63) is 11.6 Å². The Morgan fingerprint density at radius 3 is 2.12 bits per heavy atom. The summed E-state index contributed by atoms with van der Waals surface area (Å²) in [6, 6.07) is -1.07. The van der Waals surface area contributed by atoms with Gasteiger partial charge in [0.2, 0.25) is 17.7 Å². The second-order valence-corrected chi connectivity index (χ2v) is 11.3. The molecule has 2 aliphatic heterocycles. The van der Waals surface area contributed by atoms with Gasteiger partial charge in [-0.3, -0.25) is 19.3 Å². The molecule has 0 bridgehead atoms. The third kappa shape index (κ3) is 7.05. The molecule has 33 heavy (non-hydrogen) atoms. The number of nitrogens with one attached hydrogen (secondary N) is 1. The summed E-state index contributed by atoms with van der Waals surface area (Å²) in [5.41, 5.74) is 0.232. The van der Waals surface area contributed by atoms with E-state index in [-0.39, 0.29) is 35.7 Å². The Bertz CT molecular complexity index is 734. The molecule has 0 saturated carbocycles. The van der Waals surface area contributed by atoms with E-state index in [4.69, 9.17) is 0 Å². The highest BCUT2D eigenvalue weighted by molar-refractivity contribution is 5.93. The van der Waals surface area contributed by atoms with Crippen LogP contribution in [0.5, 0.6) is 0 Å². The summed E-state index contributed by atoms with van der Waals surface area (Å²) >= 11 is 0. The minimum atomic E-state index is -0.644. The van der Waals surface area contributed by atoms with E-state index in [1.165, 1.54) is 0 Å². The van der Waals surface area contributed by atoms with Crippen LogP contribution in [0.4, 0.5) is 0 Å². The minimum Gasteiger partial charge on any atom is -0.342 e. The van der Waals surface area contributed by atoms with Gasteiger partial charge in [0.05, 0.1) is 12.1 Å². The number of likely N-dealkylation sites (tertiary alicyclic amines) is 2. The zero-order valence-electron chi connectivity index (χ0n) is 22.1. The van der Waals surface area contributed by atoms with Crippen molar-refractivity contribution in [2.75, 3.05) is 33.7 Å². The first-order valence-electron chi connectivity index (χ1n) is 12.6. The SMILES string of the molecule is C/C(=C\[C@H](C(C)C)N(C)C(=O)[C@@H](NC(=O)C1CCCCN1C)C(C)(C)C)C(=O)N1CCCC1. The van der Waals surface area contributed by atoms with Crippen LogP contribution in [0, 0.1) is 11.3 Å². The van der Waals surface area contributed by atoms with Gasteiger partial charge in [0.15, 0.2) is 0 Å². The Balaban J connectivity index is 2.21. The first kappa shape index (κ1) is 27.4. The van der Waals surface area contributed by atoms with Crippen LogP contribution in [0.1, 0.15) is 73.6 Å². The highest BCUT2D eigenvalue weighted by Crippen LogP contribution is 2.25. The summed E-state index contributed by atoms with van der Waals surface area (Å²) in [7, 11) is 3.76. The van der Waals surface area contributed by atoms with E-state index in [9.17, 15) is 14.4 Å². The molecule has 0 aromatic carbocycles. The van der Waals surface area contributed by atoms with Crippen molar-refractivity contribution in [1.29, 1.82) is 0 Å². The number of carbonyl (C=O) groups excluding carboxylic acids is 3. The molecular formula is C26H46N4O3. The van der Waals surface area contributed by atoms with Crippen LogP contribution in [0.3, 0.4) is 0 Å². The second-order valence-electron chi connectivity index (χ2n) is 11.3. The number of amides is 3. The first-order chi connectivity index (χ1) is 15.3. The van der Waals surface area contributed by atoms with Crippen LogP contribution in [-0.2, 0) is 14.4 Å². The maximum absolute atomic E-state index is 13.7. The van der Waals surface area contributed by atoms with Crippen molar-refractivity contribution in [3.63, 3.8) is 0 Å². The smallest absolute Gasteiger partial charge is 0.249 e. The molecule has 0 spiro atoms. The van der Waals surface area contributed by atoms with Crippen molar-refractivity contribution >= 4 is 17.7 Å². The zero-order chi connectivity index (χ0) is 24.9. The third-order valence-corrected chi connectivity index (χ3v) is 7.10. The molecule has 2 aliphatic rings. The van der Waals surface area contributed by atoms with Crippen molar-refractivity contribution in [2.24, 2.45) is 11.3 Å². The van der Waals surface area contributed by atoms with Gasteiger partial charge >= 0.3 is 0 Å². The lowest BCUT2D eigenvalue weighted by Crippen LogP contribution is -2.59. The molecule has 3 atom stereocenters. The highest BCUT2D eigenvalue weighted by atomic mass is 16.2. The van der Waals surface area contributed by atoms with Crippen molar-refractivity contribution in [1.82, 2.24) is 20.0 Å². The van der Waals surface area contributed by atoms with Gasteiger partial charge < -0.3 is 15.1 Å². The van der Waals surface area contributed by atoms with E-state index in [2.05, 4.69) is 24.1 Å². The summed E-state index contributed by atoms with van der Waals surface area (Å²) in [6.45, 7) is 14.4. The van der Waals surface area contributed by atoms with Gasteiger partial charge in [-0.2, -0.15) is 0 Å². The standard InChI is InChI=1S/C26H46N4O3/c1-18(2)21(17-19(3)24(32)30-15-11-12-16-30)29(8)25(33)22(26(4,5)6)27-23(31)20-13-9-10-14-28(20)7/h17-18,20-22H,9-16H2,1-8H3,(H,27,31)/b19-17+/t20?,21-,22-/m1/s1. The predicted octanol–water partition coefficient (Wildman–Crippen LogP) is 3.05. The van der Waals surface area contributed by atoms with Gasteiger partial charge in [-0.15, -0.1) is 0 Å². The molecule has 0 aromatic rings. The topological polar surface area (TPSA) is 73.0 Å². The molecule has 7 heteroatoms. The zero-order valence-corrected chi connectivity index (χ0v) is 22.1. The lowest BCUT2D eigenvalue weighted by atomic mass is 9.84. The largest absolute Gasteiger partial charge is 0.342 e. The maximum Gasteiger partial charge on any atom is 0.249 e. The summed E-state index contributed by atoms with van der Waals surface area (Å²) in [6.07, 6.45) is 6.98. The fourth-order valence-corrected chi connectivity index (χ4v) is 4.89. The van der Waals surface area contributed by atoms with E-state index in [1.807, 2.05) is 45.7 Å². The van der Waals surface area contributed by atoms with E-state index < -0.39 is 11.5 Å². The minimum absolute atomic E-state index is 0.0556. The van der Waals surface area contributed by atoms with Gasteiger partial charge in [-0.25, -0.2) is 0 Å². The quantitative estimate of drug-likeness (QED) is 0.590. The monoisotopic (exact) mass is 462 g/mol. The average Bonchev–Trinajstić information content (AvgIpc) is 3.28. The molecule has 2 fully saturated rings. The second kappa shape index (κ2) is 11.5. The lowest BCUT2D eigenvalue weighted by molar-refractivity contribution is -0.141. The summed E-state index contributed by atoms with van der Waals surface area (Å²) in [5, 5.41) is 3.08. The lowest BCUT2D eigenvalue weighted by Gasteiger charge is -2.39. The number of hydrogen-bond acceptors (Lipinski definition) is 4. The fourth-order valence-electron chi connectivity index (χ4n) is 4.89. The Labute approximate surface area is 200 Å². The number of piperidine rings is 1. The van der Waals surface area contributed by atoms with Crippen molar-refractivity contribution < 1.29 is 14.4 Å². The van der Waals surface area contributed by atoms with Crippen molar-refractivity contribution in [2.45, 2.75) is 91.8 Å². The summed E-state index contributed by atoms with van der Waals surface area (Å²) in [5.74, 6) is -0.0114. The van der Waals surface area contributed by atoms with Gasteiger partial charge in [0.25, 0.3) is 0 Å². The molecule has 0 radical (unpaired) electrons. The summed E-state index contributed by atoms with van der Waals surface area (Å²) in [4.78, 5) is 45.4. The van der Waals surface area contributed by atoms with Gasteiger partial charge in [0, 0.05) is 25.7 Å². The molecule has 188 valence electrons. The van der Waals surface area contributed by atoms with E-state index in [1.54, 1.807) is 11.9 Å². The maximum atomic E-state index is 13.7. The molecule has 2 heterocycles. The van der Waals surface area contributed by atoms with Crippen LogP contribution in [-0.4, -0.2) is 84.3 Å². The van der Waals surface area contributed by atoms with Gasteiger partial charge in [-0.1, -0.05) is 47.1 Å². The van der Waals surface area contributed by atoms with Crippen LogP contribution >= 0.6 is 0 Å². The molecule has 2 saturated heterocycles. The number of carbonyl (C=O) groups is 3. The van der Waals surface area contributed by atoms with Crippen LogP contribution in [0.25, 0.3) is 0 Å². The van der Waals surface area contributed by atoms with E-state index in [0.717, 1.165) is 51.7 Å². The highest BCUT2D eigenvalue weighted by Gasteiger charge is 2.39. The number of likely N-dealkylation sites (N-methyl/N-ethyl adjacent to an activating group) is 2. The average molecular weight is 463 g/mol. The van der Waals surface area contributed by atoms with Gasteiger partial charge in [0.1, 0.15) is 6.04 Å². The van der Waals surface area contributed by atoms with Crippen LogP contribution in [0.15, 0.2) is 11.6 Å². The first-order valence-corrected chi connectivity index (χ1v) is 12.6. The fraction of sp³-hybridized carbons (Fsp3) is 0.808. The Hall–Kier alpha value is -1.89. The van der Waals surface area contributed by atoms with Crippen LogP contribution < -0.4 is 5.32 Å². The molecular weight excluding hydrogens is 416 g/mol. The number of nitrogens with zero attached hydrogens (tertiary/aromatic N) is 3. The molecule has 0 aliphatic carbocycles. The molecule has 1 unspecified atom stereocenters. The Kier molecular flexibility index (Phi) is 9.53. The van der Waals surface area contributed by atoms with E-state index >= 15 is 0 Å². The molecule has 2 rings (SSSR count). The third-order valence-electron chi connectivity index (χ3n) is 7.10. The molecule has 3 amide bonds.